The highest BCUT2D eigenvalue weighted by Crippen LogP contribution is 2.35. The number of ether oxygens (including phenoxy) is 1. The van der Waals surface area contributed by atoms with Crippen LogP contribution in [-0.2, 0) is 4.84 Å². The molecule has 0 saturated carbocycles. The van der Waals surface area contributed by atoms with E-state index in [4.69, 9.17) is 9.57 Å². The second-order valence-electron chi connectivity index (χ2n) is 5.44. The second kappa shape index (κ2) is 9.30. The molecule has 0 amide bonds. The number of oxime groups is 1. The summed E-state index contributed by atoms with van der Waals surface area (Å²) in [5.41, 5.74) is 3.11. The van der Waals surface area contributed by atoms with Crippen molar-refractivity contribution in [2.45, 2.75) is 19.4 Å². The number of hydrogen-bond acceptors (Lipinski definition) is 4. The minimum Gasteiger partial charge on any atom is -0.485 e. The van der Waals surface area contributed by atoms with Crippen LogP contribution in [0.3, 0.4) is 0 Å². The van der Waals surface area contributed by atoms with Gasteiger partial charge in [0.15, 0.2) is 0 Å². The first-order chi connectivity index (χ1) is 11.4. The van der Waals surface area contributed by atoms with E-state index in [9.17, 15) is 0 Å². The molecular weight excluding hydrogens is 324 g/mol. The maximum Gasteiger partial charge on any atom is 0.129 e. The predicted octanol–water partition coefficient (Wildman–Crippen LogP) is 3.96. The molecule has 1 heterocycles. The van der Waals surface area contributed by atoms with Gasteiger partial charge in [-0.1, -0.05) is 54.5 Å². The zero-order valence-electron chi connectivity index (χ0n) is 13.8. The molecule has 4 nitrogen and oxygen atoms in total. The fraction of sp³-hybridized carbons (Fsp3) is 0.316. The third-order valence-electron chi connectivity index (χ3n) is 3.81. The molecule has 0 fully saturated rings. The van der Waals surface area contributed by atoms with E-state index in [-0.39, 0.29) is 18.5 Å². The molecule has 0 aromatic heterocycles. The number of nitrogens with zero attached hydrogens (tertiary/aromatic N) is 1. The maximum absolute atomic E-state index is 6.14. The lowest BCUT2D eigenvalue weighted by Gasteiger charge is -2.27. The number of likely N-dealkylation sites (N-methyl/N-ethyl adjacent to an activating group) is 1. The average molecular weight is 347 g/mol. The van der Waals surface area contributed by atoms with Gasteiger partial charge in [0.1, 0.15) is 18.5 Å². The molecule has 0 aliphatic carbocycles. The molecule has 1 aliphatic heterocycles. The largest absolute Gasteiger partial charge is 0.485 e. The zero-order chi connectivity index (χ0) is 15.9. The summed E-state index contributed by atoms with van der Waals surface area (Å²) in [6.07, 6.45) is 0.685. The molecule has 2 aromatic carbocycles. The first kappa shape index (κ1) is 18.3. The van der Waals surface area contributed by atoms with Gasteiger partial charge in [-0.15, -0.1) is 12.4 Å². The van der Waals surface area contributed by atoms with Crippen molar-refractivity contribution in [1.29, 1.82) is 0 Å². The van der Waals surface area contributed by atoms with E-state index in [1.807, 2.05) is 42.5 Å². The SMILES string of the molecule is CCNCCO/N=C1/CC(c2ccccc2)Oc2ccccc21.Cl. The Morgan fingerprint density at radius 2 is 1.88 bits per heavy atom. The maximum atomic E-state index is 6.14. The van der Waals surface area contributed by atoms with Gasteiger partial charge in [0.05, 0.1) is 5.71 Å². The van der Waals surface area contributed by atoms with Gasteiger partial charge in [-0.2, -0.15) is 0 Å². The van der Waals surface area contributed by atoms with E-state index in [1.54, 1.807) is 0 Å². The molecule has 0 saturated heterocycles. The van der Waals surface area contributed by atoms with Crippen molar-refractivity contribution in [3.8, 4) is 5.75 Å². The van der Waals surface area contributed by atoms with Crippen LogP contribution in [0.5, 0.6) is 5.75 Å². The smallest absolute Gasteiger partial charge is 0.129 e. The molecule has 0 radical (unpaired) electrons. The molecule has 1 atom stereocenters. The minimum absolute atomic E-state index is 0. The van der Waals surface area contributed by atoms with E-state index in [0.717, 1.165) is 35.7 Å². The fourth-order valence-electron chi connectivity index (χ4n) is 2.65. The number of hydrogen-bond donors (Lipinski definition) is 1. The summed E-state index contributed by atoms with van der Waals surface area (Å²) >= 11 is 0. The topological polar surface area (TPSA) is 42.8 Å². The van der Waals surface area contributed by atoms with E-state index >= 15 is 0 Å². The lowest BCUT2D eigenvalue weighted by Crippen LogP contribution is -2.22. The average Bonchev–Trinajstić information content (AvgIpc) is 2.62. The van der Waals surface area contributed by atoms with Crippen molar-refractivity contribution < 1.29 is 9.57 Å². The Balaban J connectivity index is 0.00000208. The summed E-state index contributed by atoms with van der Waals surface area (Å²) in [6.45, 7) is 4.38. The minimum atomic E-state index is -0.0257. The number of nitrogens with one attached hydrogen (secondary N) is 1. The summed E-state index contributed by atoms with van der Waals surface area (Å²) in [5, 5.41) is 7.59. The lowest BCUT2D eigenvalue weighted by molar-refractivity contribution is 0.141. The molecule has 1 unspecified atom stereocenters. The van der Waals surface area contributed by atoms with Crippen LogP contribution in [0, 0.1) is 0 Å². The van der Waals surface area contributed by atoms with Crippen molar-refractivity contribution in [3.05, 3.63) is 65.7 Å². The van der Waals surface area contributed by atoms with Crippen molar-refractivity contribution in [2.75, 3.05) is 19.7 Å². The standard InChI is InChI=1S/C19H22N2O2.ClH/c1-2-20-12-13-22-21-17-14-19(15-8-4-3-5-9-15)23-18-11-7-6-10-16(17)18;/h3-11,19-20H,2,12-14H2,1H3;1H/b21-17-;. The number of benzene rings is 2. The quantitative estimate of drug-likeness (QED) is 0.636. The summed E-state index contributed by atoms with van der Waals surface area (Å²) in [7, 11) is 0. The first-order valence-electron chi connectivity index (χ1n) is 8.09. The Morgan fingerprint density at radius 1 is 1.12 bits per heavy atom. The van der Waals surface area contributed by atoms with Gasteiger partial charge in [-0.05, 0) is 24.2 Å². The Morgan fingerprint density at radius 3 is 2.67 bits per heavy atom. The molecule has 0 bridgehead atoms. The van der Waals surface area contributed by atoms with Crippen LogP contribution in [-0.4, -0.2) is 25.4 Å². The monoisotopic (exact) mass is 346 g/mol. The van der Waals surface area contributed by atoms with Gasteiger partial charge in [0.25, 0.3) is 0 Å². The van der Waals surface area contributed by atoms with E-state index in [1.165, 1.54) is 0 Å². The first-order valence-corrected chi connectivity index (χ1v) is 8.09. The van der Waals surface area contributed by atoms with Crippen molar-refractivity contribution in [2.24, 2.45) is 5.16 Å². The third kappa shape index (κ3) is 4.49. The van der Waals surface area contributed by atoms with Crippen LogP contribution < -0.4 is 10.1 Å². The highest BCUT2D eigenvalue weighted by molar-refractivity contribution is 6.03. The Hall–Kier alpha value is -2.04. The van der Waals surface area contributed by atoms with E-state index in [0.29, 0.717) is 13.0 Å². The highest BCUT2D eigenvalue weighted by atomic mass is 35.5. The van der Waals surface area contributed by atoms with Gasteiger partial charge < -0.3 is 14.9 Å². The molecule has 3 rings (SSSR count). The summed E-state index contributed by atoms with van der Waals surface area (Å²) < 4.78 is 6.14. The van der Waals surface area contributed by atoms with Gasteiger partial charge in [-0.25, -0.2) is 0 Å². The summed E-state index contributed by atoms with van der Waals surface area (Å²) in [4.78, 5) is 5.49. The Labute approximate surface area is 149 Å². The second-order valence-corrected chi connectivity index (χ2v) is 5.44. The lowest BCUT2D eigenvalue weighted by atomic mass is 9.96. The fourth-order valence-corrected chi connectivity index (χ4v) is 2.65. The highest BCUT2D eigenvalue weighted by Gasteiger charge is 2.26. The van der Waals surface area contributed by atoms with E-state index < -0.39 is 0 Å². The zero-order valence-corrected chi connectivity index (χ0v) is 14.6. The number of fused-ring (bicyclic) bond motifs is 1. The van der Waals surface area contributed by atoms with Crippen molar-refractivity contribution >= 4 is 18.1 Å². The van der Waals surface area contributed by atoms with Crippen LogP contribution in [0.25, 0.3) is 0 Å². The number of halogens is 1. The van der Waals surface area contributed by atoms with Crippen molar-refractivity contribution in [3.63, 3.8) is 0 Å². The summed E-state index contributed by atoms with van der Waals surface area (Å²) in [5.74, 6) is 0.863. The molecule has 1 N–H and O–H groups in total. The molecule has 128 valence electrons. The van der Waals surface area contributed by atoms with Gasteiger partial charge in [0.2, 0.25) is 0 Å². The van der Waals surface area contributed by atoms with Crippen LogP contribution in [0.1, 0.15) is 30.6 Å². The molecule has 0 spiro atoms. The van der Waals surface area contributed by atoms with Gasteiger partial charge >= 0.3 is 0 Å². The van der Waals surface area contributed by atoms with Crippen LogP contribution in [0.2, 0.25) is 0 Å². The number of para-hydroxylation sites is 1. The van der Waals surface area contributed by atoms with Crippen LogP contribution in [0.15, 0.2) is 59.8 Å². The van der Waals surface area contributed by atoms with Crippen molar-refractivity contribution in [1.82, 2.24) is 5.32 Å². The van der Waals surface area contributed by atoms with E-state index in [2.05, 4.69) is 29.5 Å². The molecule has 1 aliphatic rings. The molecular formula is C19H23ClN2O2. The van der Waals surface area contributed by atoms with Gasteiger partial charge in [-0.3, -0.25) is 0 Å². The third-order valence-corrected chi connectivity index (χ3v) is 3.81. The van der Waals surface area contributed by atoms with Crippen LogP contribution >= 0.6 is 12.4 Å². The Kier molecular flexibility index (Phi) is 7.09. The predicted molar refractivity (Wildman–Crippen MR) is 99.2 cm³/mol. The van der Waals surface area contributed by atoms with Gasteiger partial charge in [0, 0.05) is 18.5 Å². The van der Waals surface area contributed by atoms with Crippen LogP contribution in [0.4, 0.5) is 0 Å². The Bertz CT molecular complexity index is 661. The number of rotatable bonds is 6. The molecule has 24 heavy (non-hydrogen) atoms. The molecule has 2 aromatic rings. The molecule has 5 heteroatoms. The summed E-state index contributed by atoms with van der Waals surface area (Å²) in [6, 6.07) is 18.2. The normalized spacial score (nSPS) is 17.5.